The standard InChI is InChI=1S/C13H13N3O.ClH/c17-11-3-1-9(2-4-11)12-13(10-7-14-8-10)16-6-5-15-12;/h1-6,10,14,17H,7-8H2;1H. The first-order chi connectivity index (χ1) is 8.34. The van der Waals surface area contributed by atoms with E-state index in [1.165, 1.54) is 0 Å². The maximum Gasteiger partial charge on any atom is 0.115 e. The Balaban J connectivity index is 0.00000120. The van der Waals surface area contributed by atoms with Gasteiger partial charge < -0.3 is 10.4 Å². The van der Waals surface area contributed by atoms with Crippen molar-refractivity contribution in [2.45, 2.75) is 5.92 Å². The molecule has 0 amide bonds. The van der Waals surface area contributed by atoms with E-state index in [0.717, 1.165) is 30.0 Å². The van der Waals surface area contributed by atoms with Crippen LogP contribution in [0, 0.1) is 0 Å². The first-order valence-electron chi connectivity index (χ1n) is 5.65. The summed E-state index contributed by atoms with van der Waals surface area (Å²) >= 11 is 0. The molecule has 4 nitrogen and oxygen atoms in total. The molecule has 1 aromatic carbocycles. The number of rotatable bonds is 2. The predicted octanol–water partition coefficient (Wildman–Crippen LogP) is 1.96. The van der Waals surface area contributed by atoms with Gasteiger partial charge in [0, 0.05) is 37.0 Å². The van der Waals surface area contributed by atoms with Crippen molar-refractivity contribution in [3.05, 3.63) is 42.4 Å². The van der Waals surface area contributed by atoms with Gasteiger partial charge in [0.15, 0.2) is 0 Å². The summed E-state index contributed by atoms with van der Waals surface area (Å²) in [5.74, 6) is 0.719. The molecule has 1 saturated heterocycles. The summed E-state index contributed by atoms with van der Waals surface area (Å²) in [5.41, 5.74) is 2.95. The van der Waals surface area contributed by atoms with E-state index in [1.54, 1.807) is 24.5 Å². The Labute approximate surface area is 112 Å². The van der Waals surface area contributed by atoms with Gasteiger partial charge in [-0.05, 0) is 24.3 Å². The lowest BCUT2D eigenvalue weighted by Gasteiger charge is -2.27. The number of hydrogen-bond donors (Lipinski definition) is 2. The van der Waals surface area contributed by atoms with E-state index >= 15 is 0 Å². The number of benzene rings is 1. The van der Waals surface area contributed by atoms with Crippen LogP contribution in [0.15, 0.2) is 36.7 Å². The van der Waals surface area contributed by atoms with Gasteiger partial charge in [0.2, 0.25) is 0 Å². The van der Waals surface area contributed by atoms with Crippen molar-refractivity contribution in [2.75, 3.05) is 13.1 Å². The fraction of sp³-hybridized carbons (Fsp3) is 0.231. The van der Waals surface area contributed by atoms with Crippen LogP contribution in [0.25, 0.3) is 11.3 Å². The minimum atomic E-state index is 0. The summed E-state index contributed by atoms with van der Waals surface area (Å²) in [4.78, 5) is 8.84. The van der Waals surface area contributed by atoms with Crippen LogP contribution in [-0.4, -0.2) is 28.2 Å². The molecule has 1 aliphatic rings. The van der Waals surface area contributed by atoms with Crippen LogP contribution in [0.4, 0.5) is 0 Å². The van der Waals surface area contributed by atoms with Gasteiger partial charge in [-0.15, -0.1) is 12.4 Å². The van der Waals surface area contributed by atoms with Gasteiger partial charge >= 0.3 is 0 Å². The zero-order valence-corrected chi connectivity index (χ0v) is 10.5. The second kappa shape index (κ2) is 5.33. The molecule has 2 heterocycles. The molecule has 2 N–H and O–H groups in total. The molecule has 2 aromatic rings. The van der Waals surface area contributed by atoms with Crippen molar-refractivity contribution in [3.8, 4) is 17.0 Å². The van der Waals surface area contributed by atoms with Gasteiger partial charge in [-0.3, -0.25) is 9.97 Å². The highest BCUT2D eigenvalue weighted by Gasteiger charge is 2.24. The zero-order chi connectivity index (χ0) is 11.7. The van der Waals surface area contributed by atoms with Crippen LogP contribution in [0.3, 0.4) is 0 Å². The summed E-state index contributed by atoms with van der Waals surface area (Å²) in [6, 6.07) is 7.09. The molecular formula is C13H14ClN3O. The fourth-order valence-electron chi connectivity index (χ4n) is 1.97. The van der Waals surface area contributed by atoms with Crippen molar-refractivity contribution >= 4 is 12.4 Å². The van der Waals surface area contributed by atoms with Crippen LogP contribution in [0.2, 0.25) is 0 Å². The molecule has 18 heavy (non-hydrogen) atoms. The SMILES string of the molecule is Cl.Oc1ccc(-c2nccnc2C2CNC2)cc1. The van der Waals surface area contributed by atoms with E-state index in [9.17, 15) is 5.11 Å². The number of nitrogens with zero attached hydrogens (tertiary/aromatic N) is 2. The first kappa shape index (κ1) is 12.8. The summed E-state index contributed by atoms with van der Waals surface area (Å²) in [6.07, 6.45) is 3.44. The number of phenols is 1. The van der Waals surface area contributed by atoms with E-state index in [0.29, 0.717) is 5.92 Å². The largest absolute Gasteiger partial charge is 0.508 e. The lowest BCUT2D eigenvalue weighted by molar-refractivity contribution is 0.439. The van der Waals surface area contributed by atoms with Crippen LogP contribution in [-0.2, 0) is 0 Å². The Bertz CT molecular complexity index is 526. The molecule has 0 saturated carbocycles. The van der Waals surface area contributed by atoms with E-state index in [4.69, 9.17) is 0 Å². The quantitative estimate of drug-likeness (QED) is 0.870. The minimum absolute atomic E-state index is 0. The molecule has 3 rings (SSSR count). The number of nitrogens with one attached hydrogen (secondary N) is 1. The van der Waals surface area contributed by atoms with Crippen LogP contribution < -0.4 is 5.32 Å². The van der Waals surface area contributed by atoms with Crippen molar-refractivity contribution in [3.63, 3.8) is 0 Å². The topological polar surface area (TPSA) is 58.0 Å². The molecule has 0 radical (unpaired) electrons. The molecule has 0 unspecified atom stereocenters. The Kier molecular flexibility index (Phi) is 3.79. The molecule has 94 valence electrons. The third-order valence-corrected chi connectivity index (χ3v) is 3.04. The number of hydrogen-bond acceptors (Lipinski definition) is 4. The molecule has 0 bridgehead atoms. The maximum atomic E-state index is 9.29. The Morgan fingerprint density at radius 1 is 1.06 bits per heavy atom. The lowest BCUT2D eigenvalue weighted by Crippen LogP contribution is -2.40. The van der Waals surface area contributed by atoms with Crippen molar-refractivity contribution < 1.29 is 5.11 Å². The predicted molar refractivity (Wildman–Crippen MR) is 72.0 cm³/mol. The van der Waals surface area contributed by atoms with Crippen LogP contribution in [0.5, 0.6) is 5.75 Å². The molecule has 1 aromatic heterocycles. The van der Waals surface area contributed by atoms with Gasteiger partial charge in [0.05, 0.1) is 11.4 Å². The van der Waals surface area contributed by atoms with Crippen LogP contribution >= 0.6 is 12.4 Å². The second-order valence-corrected chi connectivity index (χ2v) is 4.19. The maximum absolute atomic E-state index is 9.29. The highest BCUT2D eigenvalue weighted by molar-refractivity contribution is 5.85. The van der Waals surface area contributed by atoms with Gasteiger partial charge in [0.25, 0.3) is 0 Å². The molecule has 1 fully saturated rings. The van der Waals surface area contributed by atoms with Gasteiger partial charge in [0.1, 0.15) is 5.75 Å². The zero-order valence-electron chi connectivity index (χ0n) is 9.71. The Morgan fingerprint density at radius 2 is 1.72 bits per heavy atom. The number of phenolic OH excluding ortho intramolecular Hbond substituents is 1. The molecule has 0 spiro atoms. The summed E-state index contributed by atoms with van der Waals surface area (Å²) in [5, 5.41) is 12.5. The van der Waals surface area contributed by atoms with Crippen molar-refractivity contribution in [1.82, 2.24) is 15.3 Å². The fourth-order valence-corrected chi connectivity index (χ4v) is 1.97. The smallest absolute Gasteiger partial charge is 0.115 e. The Hall–Kier alpha value is -1.65. The number of aromatic nitrogens is 2. The van der Waals surface area contributed by atoms with Crippen molar-refractivity contribution in [2.24, 2.45) is 0 Å². The molecule has 1 aliphatic heterocycles. The van der Waals surface area contributed by atoms with Crippen LogP contribution in [0.1, 0.15) is 11.6 Å². The summed E-state index contributed by atoms with van der Waals surface area (Å²) in [7, 11) is 0. The highest BCUT2D eigenvalue weighted by atomic mass is 35.5. The first-order valence-corrected chi connectivity index (χ1v) is 5.65. The van der Waals surface area contributed by atoms with E-state index in [-0.39, 0.29) is 18.2 Å². The third-order valence-electron chi connectivity index (χ3n) is 3.04. The van der Waals surface area contributed by atoms with Crippen molar-refractivity contribution in [1.29, 1.82) is 0 Å². The molecule has 5 heteroatoms. The summed E-state index contributed by atoms with van der Waals surface area (Å²) < 4.78 is 0. The third kappa shape index (κ3) is 2.30. The minimum Gasteiger partial charge on any atom is -0.508 e. The van der Waals surface area contributed by atoms with E-state index < -0.39 is 0 Å². The van der Waals surface area contributed by atoms with E-state index in [1.807, 2.05) is 12.1 Å². The van der Waals surface area contributed by atoms with Gasteiger partial charge in [-0.2, -0.15) is 0 Å². The second-order valence-electron chi connectivity index (χ2n) is 4.19. The number of halogens is 1. The number of aromatic hydroxyl groups is 1. The average Bonchev–Trinajstić information content (AvgIpc) is 2.29. The highest BCUT2D eigenvalue weighted by Crippen LogP contribution is 2.28. The molecule has 0 aliphatic carbocycles. The normalized spacial score (nSPS) is 14.7. The summed E-state index contributed by atoms with van der Waals surface area (Å²) in [6.45, 7) is 1.92. The average molecular weight is 264 g/mol. The molecular weight excluding hydrogens is 250 g/mol. The Morgan fingerprint density at radius 3 is 2.33 bits per heavy atom. The lowest BCUT2D eigenvalue weighted by atomic mass is 9.94. The molecule has 0 atom stereocenters. The van der Waals surface area contributed by atoms with E-state index in [2.05, 4.69) is 15.3 Å². The van der Waals surface area contributed by atoms with Gasteiger partial charge in [-0.1, -0.05) is 0 Å². The monoisotopic (exact) mass is 263 g/mol. The van der Waals surface area contributed by atoms with Gasteiger partial charge in [-0.25, -0.2) is 0 Å².